The molecular weight excluding hydrogens is 169 g/mol. The molecule has 0 aliphatic rings. The molecule has 58 valence electrons. The molecule has 4 heteroatoms. The molecule has 0 amide bonds. The fourth-order valence-corrected chi connectivity index (χ4v) is 0.777. The van der Waals surface area contributed by atoms with E-state index in [1.165, 1.54) is 12.1 Å². The van der Waals surface area contributed by atoms with Crippen molar-refractivity contribution in [3.63, 3.8) is 0 Å². The number of oxime groups is 1. The van der Waals surface area contributed by atoms with E-state index in [0.29, 0.717) is 5.56 Å². The molecule has 0 unspecified atom stereocenters. The highest BCUT2D eigenvalue weighted by Crippen LogP contribution is 2.14. The van der Waals surface area contributed by atoms with Gasteiger partial charge in [0.25, 0.3) is 0 Å². The van der Waals surface area contributed by atoms with Crippen molar-refractivity contribution >= 4 is 17.8 Å². The van der Waals surface area contributed by atoms with Gasteiger partial charge in [0.05, 0.1) is 11.2 Å². The lowest BCUT2D eigenvalue weighted by atomic mass is 10.2. The zero-order valence-electron chi connectivity index (χ0n) is 5.46. The average Bonchev–Trinajstić information content (AvgIpc) is 1.98. The second-order valence-electron chi connectivity index (χ2n) is 1.92. The van der Waals surface area contributed by atoms with Crippen LogP contribution in [-0.2, 0) is 0 Å². The van der Waals surface area contributed by atoms with E-state index < -0.39 is 5.82 Å². The molecule has 0 radical (unpaired) electrons. The molecule has 1 N–H and O–H groups in total. The van der Waals surface area contributed by atoms with Crippen molar-refractivity contribution in [2.45, 2.75) is 0 Å². The molecular formula is C7H5ClFNO. The molecule has 0 bridgehead atoms. The molecule has 0 saturated carbocycles. The van der Waals surface area contributed by atoms with Crippen LogP contribution in [-0.4, -0.2) is 11.4 Å². The largest absolute Gasteiger partial charge is 0.411 e. The first-order valence-electron chi connectivity index (χ1n) is 2.86. The van der Waals surface area contributed by atoms with Gasteiger partial charge in [0, 0.05) is 0 Å². The van der Waals surface area contributed by atoms with E-state index in [1.54, 1.807) is 6.07 Å². The van der Waals surface area contributed by atoms with E-state index >= 15 is 0 Å². The molecule has 1 aromatic rings. The molecule has 0 fully saturated rings. The quantitative estimate of drug-likeness (QED) is 0.395. The molecule has 2 nitrogen and oxygen atoms in total. The normalized spacial score (nSPS) is 10.7. The Labute approximate surface area is 67.9 Å². The van der Waals surface area contributed by atoms with Gasteiger partial charge in [-0.25, -0.2) is 4.39 Å². The van der Waals surface area contributed by atoms with E-state index in [4.69, 9.17) is 16.8 Å². The first-order chi connectivity index (χ1) is 5.24. The first-order valence-corrected chi connectivity index (χ1v) is 3.24. The van der Waals surface area contributed by atoms with Gasteiger partial charge in [-0.3, -0.25) is 0 Å². The maximum Gasteiger partial charge on any atom is 0.142 e. The number of halogens is 2. The molecule has 1 aromatic carbocycles. The van der Waals surface area contributed by atoms with Crippen molar-refractivity contribution in [2.75, 3.05) is 0 Å². The SMILES string of the molecule is O/N=C\c1ccc(Cl)c(F)c1. The fourth-order valence-electron chi connectivity index (χ4n) is 0.659. The molecule has 11 heavy (non-hydrogen) atoms. The number of benzene rings is 1. The Bertz CT molecular complexity index is 288. The van der Waals surface area contributed by atoms with Gasteiger partial charge >= 0.3 is 0 Å². The van der Waals surface area contributed by atoms with Gasteiger partial charge in [-0.2, -0.15) is 0 Å². The van der Waals surface area contributed by atoms with Gasteiger partial charge in [-0.1, -0.05) is 22.8 Å². The third-order valence-corrected chi connectivity index (χ3v) is 1.46. The van der Waals surface area contributed by atoms with Crippen LogP contribution in [0.1, 0.15) is 5.56 Å². The van der Waals surface area contributed by atoms with Gasteiger partial charge in [-0.05, 0) is 17.7 Å². The zero-order valence-corrected chi connectivity index (χ0v) is 6.22. The van der Waals surface area contributed by atoms with Crippen LogP contribution in [0.25, 0.3) is 0 Å². The maximum atomic E-state index is 12.6. The Morgan fingerprint density at radius 2 is 2.27 bits per heavy atom. The Morgan fingerprint density at radius 3 is 2.82 bits per heavy atom. The summed E-state index contributed by atoms with van der Waals surface area (Å²) in [5, 5.41) is 10.9. The Hall–Kier alpha value is -1.09. The highest BCUT2D eigenvalue weighted by atomic mass is 35.5. The summed E-state index contributed by atoms with van der Waals surface area (Å²) in [5.41, 5.74) is 0.467. The smallest absolute Gasteiger partial charge is 0.142 e. The molecule has 0 spiro atoms. The van der Waals surface area contributed by atoms with Crippen molar-refractivity contribution < 1.29 is 9.60 Å². The van der Waals surface area contributed by atoms with Crippen molar-refractivity contribution in [3.8, 4) is 0 Å². The lowest BCUT2D eigenvalue weighted by Gasteiger charge is -1.93. The molecule has 0 aliphatic heterocycles. The number of hydrogen-bond acceptors (Lipinski definition) is 2. The maximum absolute atomic E-state index is 12.6. The minimum atomic E-state index is -0.524. The van der Waals surface area contributed by atoms with Crippen molar-refractivity contribution in [1.82, 2.24) is 0 Å². The minimum Gasteiger partial charge on any atom is -0.411 e. The lowest BCUT2D eigenvalue weighted by molar-refractivity contribution is 0.322. The summed E-state index contributed by atoms with van der Waals surface area (Å²) in [6, 6.07) is 4.13. The van der Waals surface area contributed by atoms with Crippen LogP contribution in [0.15, 0.2) is 23.4 Å². The van der Waals surface area contributed by atoms with E-state index in [-0.39, 0.29) is 5.02 Å². The summed E-state index contributed by atoms with van der Waals surface area (Å²) in [4.78, 5) is 0. The van der Waals surface area contributed by atoms with Gasteiger partial charge in [0.15, 0.2) is 0 Å². The van der Waals surface area contributed by atoms with Gasteiger partial charge < -0.3 is 5.21 Å². The molecule has 1 rings (SSSR count). The first kappa shape index (κ1) is 8.01. The van der Waals surface area contributed by atoms with Crippen LogP contribution >= 0.6 is 11.6 Å². The third kappa shape index (κ3) is 1.91. The van der Waals surface area contributed by atoms with Gasteiger partial charge in [0.2, 0.25) is 0 Å². The van der Waals surface area contributed by atoms with E-state index in [2.05, 4.69) is 5.16 Å². The molecule has 0 saturated heterocycles. The summed E-state index contributed by atoms with van der Waals surface area (Å²) in [6.07, 6.45) is 1.12. The highest BCUT2D eigenvalue weighted by Gasteiger charge is 1.98. The van der Waals surface area contributed by atoms with Gasteiger partial charge in [-0.15, -0.1) is 0 Å². The predicted molar refractivity (Wildman–Crippen MR) is 40.8 cm³/mol. The summed E-state index contributed by atoms with van der Waals surface area (Å²) in [6.45, 7) is 0. The standard InChI is InChI=1S/C7H5ClFNO/c8-6-2-1-5(4-10-11)3-7(6)9/h1-4,11H/b10-4-. The lowest BCUT2D eigenvalue weighted by Crippen LogP contribution is -1.83. The predicted octanol–water partition coefficient (Wildman–Crippen LogP) is 2.29. The van der Waals surface area contributed by atoms with E-state index in [9.17, 15) is 4.39 Å². The van der Waals surface area contributed by atoms with Crippen molar-refractivity contribution in [1.29, 1.82) is 0 Å². The Morgan fingerprint density at radius 1 is 1.55 bits per heavy atom. The summed E-state index contributed by atoms with van der Waals surface area (Å²) >= 11 is 5.40. The summed E-state index contributed by atoms with van der Waals surface area (Å²) in [7, 11) is 0. The molecule has 0 heterocycles. The second-order valence-corrected chi connectivity index (χ2v) is 2.33. The number of hydrogen-bond donors (Lipinski definition) is 1. The monoisotopic (exact) mass is 173 g/mol. The summed E-state index contributed by atoms with van der Waals surface area (Å²) < 4.78 is 12.6. The molecule has 0 aliphatic carbocycles. The average molecular weight is 174 g/mol. The highest BCUT2D eigenvalue weighted by molar-refractivity contribution is 6.30. The fraction of sp³-hybridized carbons (Fsp3) is 0. The van der Waals surface area contributed by atoms with E-state index in [1.807, 2.05) is 0 Å². The van der Waals surface area contributed by atoms with Crippen LogP contribution in [0.2, 0.25) is 5.02 Å². The molecule has 0 atom stereocenters. The number of rotatable bonds is 1. The zero-order chi connectivity index (χ0) is 8.27. The van der Waals surface area contributed by atoms with Gasteiger partial charge in [0.1, 0.15) is 5.82 Å². The van der Waals surface area contributed by atoms with Crippen LogP contribution in [0.3, 0.4) is 0 Å². The topological polar surface area (TPSA) is 32.6 Å². The third-order valence-electron chi connectivity index (χ3n) is 1.15. The van der Waals surface area contributed by atoms with E-state index in [0.717, 1.165) is 6.21 Å². The van der Waals surface area contributed by atoms with Crippen LogP contribution < -0.4 is 0 Å². The van der Waals surface area contributed by atoms with Crippen LogP contribution in [0, 0.1) is 5.82 Å². The Balaban J connectivity index is 3.05. The number of nitrogens with zero attached hydrogens (tertiary/aromatic N) is 1. The van der Waals surface area contributed by atoms with Crippen molar-refractivity contribution in [3.05, 3.63) is 34.6 Å². The van der Waals surface area contributed by atoms with Crippen LogP contribution in [0.5, 0.6) is 0 Å². The second kappa shape index (κ2) is 3.34. The molecule has 0 aromatic heterocycles. The minimum absolute atomic E-state index is 0.0556. The summed E-state index contributed by atoms with van der Waals surface area (Å²) in [5.74, 6) is -0.524. The van der Waals surface area contributed by atoms with Crippen LogP contribution in [0.4, 0.5) is 4.39 Å². The van der Waals surface area contributed by atoms with Crippen molar-refractivity contribution in [2.24, 2.45) is 5.16 Å². The Kier molecular flexibility index (Phi) is 2.44.